The third kappa shape index (κ3) is 2.33. The van der Waals surface area contributed by atoms with E-state index in [1.165, 1.54) is 12.1 Å². The molecular formula is C12H17FN2O. The van der Waals surface area contributed by atoms with Crippen LogP contribution in [0, 0.1) is 5.82 Å². The number of β-amino-alcohol motifs (C(OH)–C–C–N with tert-alkyl or cyclic N) is 1. The zero-order valence-electron chi connectivity index (χ0n) is 9.19. The average molecular weight is 224 g/mol. The highest BCUT2D eigenvalue weighted by molar-refractivity contribution is 5.54. The van der Waals surface area contributed by atoms with Gasteiger partial charge in [0.15, 0.2) is 0 Å². The predicted molar refractivity (Wildman–Crippen MR) is 61.7 cm³/mol. The van der Waals surface area contributed by atoms with Crippen LogP contribution in [0.5, 0.6) is 0 Å². The van der Waals surface area contributed by atoms with Crippen LogP contribution in [0.15, 0.2) is 18.2 Å². The summed E-state index contributed by atoms with van der Waals surface area (Å²) in [7, 11) is 0. The Balaban J connectivity index is 2.24. The van der Waals surface area contributed by atoms with Crippen LogP contribution in [0.2, 0.25) is 0 Å². The van der Waals surface area contributed by atoms with Crippen LogP contribution in [-0.2, 0) is 6.54 Å². The number of rotatable bonds is 2. The summed E-state index contributed by atoms with van der Waals surface area (Å²) in [4.78, 5) is 2.08. The second-order valence-corrected chi connectivity index (χ2v) is 4.22. The van der Waals surface area contributed by atoms with Gasteiger partial charge in [0.1, 0.15) is 5.82 Å². The van der Waals surface area contributed by atoms with Gasteiger partial charge in [-0.05, 0) is 36.6 Å². The molecule has 3 N–H and O–H groups in total. The van der Waals surface area contributed by atoms with E-state index in [1.807, 2.05) is 0 Å². The lowest BCUT2D eigenvalue weighted by molar-refractivity contribution is 0.154. The van der Waals surface area contributed by atoms with Crippen LogP contribution < -0.4 is 10.6 Å². The van der Waals surface area contributed by atoms with Gasteiger partial charge < -0.3 is 15.7 Å². The maximum atomic E-state index is 13.1. The lowest BCUT2D eigenvalue weighted by atomic mass is 10.1. The molecule has 2 rings (SSSR count). The average Bonchev–Trinajstić information content (AvgIpc) is 2.28. The quantitative estimate of drug-likeness (QED) is 0.794. The van der Waals surface area contributed by atoms with E-state index in [1.54, 1.807) is 6.07 Å². The Hall–Kier alpha value is -1.13. The van der Waals surface area contributed by atoms with E-state index in [0.29, 0.717) is 13.1 Å². The van der Waals surface area contributed by atoms with Crippen LogP contribution >= 0.6 is 0 Å². The SMILES string of the molecule is NCc1cc(F)ccc1N1CCCC(O)C1. The number of anilines is 1. The summed E-state index contributed by atoms with van der Waals surface area (Å²) in [5, 5.41) is 9.61. The van der Waals surface area contributed by atoms with E-state index in [-0.39, 0.29) is 11.9 Å². The van der Waals surface area contributed by atoms with Gasteiger partial charge >= 0.3 is 0 Å². The van der Waals surface area contributed by atoms with Gasteiger partial charge in [-0.3, -0.25) is 0 Å². The molecule has 0 radical (unpaired) electrons. The summed E-state index contributed by atoms with van der Waals surface area (Å²) < 4.78 is 13.1. The molecule has 0 aromatic heterocycles. The molecule has 0 aliphatic carbocycles. The number of nitrogens with zero attached hydrogens (tertiary/aromatic N) is 1. The van der Waals surface area contributed by atoms with Crippen LogP contribution in [0.1, 0.15) is 18.4 Å². The van der Waals surface area contributed by atoms with Gasteiger partial charge in [-0.15, -0.1) is 0 Å². The van der Waals surface area contributed by atoms with Crippen molar-refractivity contribution in [2.75, 3.05) is 18.0 Å². The van der Waals surface area contributed by atoms with Crippen LogP contribution in [-0.4, -0.2) is 24.3 Å². The lowest BCUT2D eigenvalue weighted by Crippen LogP contribution is -2.38. The standard InChI is InChI=1S/C12H17FN2O/c13-10-3-4-12(9(6-10)7-14)15-5-1-2-11(16)8-15/h3-4,6,11,16H,1-2,5,7-8,14H2. The zero-order chi connectivity index (χ0) is 11.5. The number of hydrogen-bond donors (Lipinski definition) is 2. The molecule has 3 nitrogen and oxygen atoms in total. The van der Waals surface area contributed by atoms with Crippen molar-refractivity contribution in [3.63, 3.8) is 0 Å². The van der Waals surface area contributed by atoms with Gasteiger partial charge in [0, 0.05) is 25.3 Å². The molecule has 1 aromatic carbocycles. The van der Waals surface area contributed by atoms with E-state index in [4.69, 9.17) is 5.73 Å². The minimum atomic E-state index is -0.288. The van der Waals surface area contributed by atoms with E-state index in [9.17, 15) is 9.50 Å². The first-order chi connectivity index (χ1) is 7.70. The molecule has 1 aliphatic rings. The van der Waals surface area contributed by atoms with Crippen LogP contribution in [0.4, 0.5) is 10.1 Å². The largest absolute Gasteiger partial charge is 0.391 e. The molecule has 1 unspecified atom stereocenters. The van der Waals surface area contributed by atoms with Crippen molar-refractivity contribution in [1.29, 1.82) is 0 Å². The van der Waals surface area contributed by atoms with Crippen molar-refractivity contribution in [2.45, 2.75) is 25.5 Å². The molecule has 1 heterocycles. The Morgan fingerprint density at radius 3 is 3.00 bits per heavy atom. The number of nitrogens with two attached hydrogens (primary N) is 1. The highest BCUT2D eigenvalue weighted by atomic mass is 19.1. The minimum absolute atomic E-state index is 0.262. The molecule has 1 fully saturated rings. The third-order valence-electron chi connectivity index (χ3n) is 3.00. The normalized spacial score (nSPS) is 21.2. The first-order valence-corrected chi connectivity index (χ1v) is 5.62. The molecule has 16 heavy (non-hydrogen) atoms. The van der Waals surface area contributed by atoms with Crippen molar-refractivity contribution in [1.82, 2.24) is 0 Å². The molecular weight excluding hydrogens is 207 g/mol. The topological polar surface area (TPSA) is 49.5 Å². The summed E-state index contributed by atoms with van der Waals surface area (Å²) in [5.74, 6) is -0.262. The number of benzene rings is 1. The number of hydrogen-bond acceptors (Lipinski definition) is 3. The van der Waals surface area contributed by atoms with Gasteiger partial charge in [-0.25, -0.2) is 4.39 Å². The molecule has 1 saturated heterocycles. The van der Waals surface area contributed by atoms with Crippen molar-refractivity contribution in [2.24, 2.45) is 5.73 Å². The van der Waals surface area contributed by atoms with E-state index < -0.39 is 0 Å². The number of aliphatic hydroxyl groups is 1. The summed E-state index contributed by atoms with van der Waals surface area (Å²) in [6.07, 6.45) is 1.52. The fourth-order valence-electron chi connectivity index (χ4n) is 2.20. The maximum Gasteiger partial charge on any atom is 0.123 e. The molecule has 4 heteroatoms. The zero-order valence-corrected chi connectivity index (χ0v) is 9.19. The Bertz CT molecular complexity index is 370. The Kier molecular flexibility index (Phi) is 3.41. The third-order valence-corrected chi connectivity index (χ3v) is 3.00. The van der Waals surface area contributed by atoms with Crippen molar-refractivity contribution >= 4 is 5.69 Å². The first kappa shape index (κ1) is 11.4. The fraction of sp³-hybridized carbons (Fsp3) is 0.500. The molecule has 0 spiro atoms. The van der Waals surface area contributed by atoms with Gasteiger partial charge in [0.05, 0.1) is 6.10 Å². The Labute approximate surface area is 94.7 Å². The molecule has 0 amide bonds. The van der Waals surface area contributed by atoms with Crippen molar-refractivity contribution in [3.8, 4) is 0 Å². The molecule has 88 valence electrons. The van der Waals surface area contributed by atoms with Crippen molar-refractivity contribution < 1.29 is 9.50 Å². The number of halogens is 1. The van der Waals surface area contributed by atoms with Crippen molar-refractivity contribution in [3.05, 3.63) is 29.6 Å². The second kappa shape index (κ2) is 4.80. The molecule has 1 aliphatic heterocycles. The monoisotopic (exact) mass is 224 g/mol. The van der Waals surface area contributed by atoms with E-state index in [0.717, 1.165) is 30.6 Å². The first-order valence-electron chi connectivity index (χ1n) is 5.62. The summed E-state index contributed by atoms with van der Waals surface area (Å²) in [6.45, 7) is 1.83. The summed E-state index contributed by atoms with van der Waals surface area (Å²) in [6, 6.07) is 4.65. The van der Waals surface area contributed by atoms with Gasteiger partial charge in [-0.1, -0.05) is 0 Å². The van der Waals surface area contributed by atoms with E-state index >= 15 is 0 Å². The van der Waals surface area contributed by atoms with E-state index in [2.05, 4.69) is 4.90 Å². The summed E-state index contributed by atoms with van der Waals surface area (Å²) >= 11 is 0. The lowest BCUT2D eigenvalue weighted by Gasteiger charge is -2.33. The predicted octanol–water partition coefficient (Wildman–Crippen LogP) is 1.25. The number of piperidine rings is 1. The highest BCUT2D eigenvalue weighted by Crippen LogP contribution is 2.24. The molecule has 1 atom stereocenters. The molecule has 1 aromatic rings. The maximum absolute atomic E-state index is 13.1. The van der Waals surface area contributed by atoms with Crippen LogP contribution in [0.25, 0.3) is 0 Å². The van der Waals surface area contributed by atoms with Gasteiger partial charge in [0.25, 0.3) is 0 Å². The fourth-order valence-corrected chi connectivity index (χ4v) is 2.20. The number of aliphatic hydroxyl groups excluding tert-OH is 1. The molecule has 0 saturated carbocycles. The second-order valence-electron chi connectivity index (χ2n) is 4.22. The Morgan fingerprint density at radius 1 is 1.50 bits per heavy atom. The van der Waals surface area contributed by atoms with Gasteiger partial charge in [0.2, 0.25) is 0 Å². The minimum Gasteiger partial charge on any atom is -0.391 e. The van der Waals surface area contributed by atoms with Crippen LogP contribution in [0.3, 0.4) is 0 Å². The van der Waals surface area contributed by atoms with Gasteiger partial charge in [-0.2, -0.15) is 0 Å². The molecule has 0 bridgehead atoms. The smallest absolute Gasteiger partial charge is 0.123 e. The Morgan fingerprint density at radius 2 is 2.31 bits per heavy atom. The summed E-state index contributed by atoms with van der Waals surface area (Å²) in [5.41, 5.74) is 7.35. The highest BCUT2D eigenvalue weighted by Gasteiger charge is 2.19.